The molecule has 0 spiro atoms. The predicted octanol–water partition coefficient (Wildman–Crippen LogP) is 1.56. The van der Waals surface area contributed by atoms with Crippen LogP contribution in [0.1, 0.15) is 40.0 Å². The molecule has 0 amide bonds. The van der Waals surface area contributed by atoms with Crippen LogP contribution in [0.4, 0.5) is 0 Å². The molecular formula is C11H18O5. The van der Waals surface area contributed by atoms with Crippen LogP contribution in [-0.2, 0) is 19.1 Å². The SMILES string of the molecule is CC(CCC(=O)O)C[C@@H]1OC(C)(C)OC1=O. The lowest BCUT2D eigenvalue weighted by atomic mass is 9.98. The highest BCUT2D eigenvalue weighted by atomic mass is 16.8. The maximum Gasteiger partial charge on any atom is 0.337 e. The zero-order valence-electron chi connectivity index (χ0n) is 9.86. The van der Waals surface area contributed by atoms with E-state index in [1.165, 1.54) is 0 Å². The van der Waals surface area contributed by atoms with E-state index in [1.807, 2.05) is 6.92 Å². The minimum absolute atomic E-state index is 0.117. The normalized spacial score (nSPS) is 25.2. The first-order valence-corrected chi connectivity index (χ1v) is 5.42. The van der Waals surface area contributed by atoms with E-state index in [0.717, 1.165) is 0 Å². The maximum absolute atomic E-state index is 11.4. The fourth-order valence-electron chi connectivity index (χ4n) is 1.72. The monoisotopic (exact) mass is 230 g/mol. The molecule has 5 nitrogen and oxygen atoms in total. The first-order valence-electron chi connectivity index (χ1n) is 5.42. The Hall–Kier alpha value is -1.10. The second-order valence-electron chi connectivity index (χ2n) is 4.70. The molecule has 1 rings (SSSR count). The lowest BCUT2D eigenvalue weighted by molar-refractivity contribution is -0.161. The Kier molecular flexibility index (Phi) is 3.91. The Labute approximate surface area is 94.7 Å². The van der Waals surface area contributed by atoms with Gasteiger partial charge in [0.1, 0.15) is 0 Å². The van der Waals surface area contributed by atoms with E-state index >= 15 is 0 Å². The predicted molar refractivity (Wildman–Crippen MR) is 55.7 cm³/mol. The molecule has 0 aliphatic carbocycles. The first kappa shape index (κ1) is 13.0. The maximum atomic E-state index is 11.4. The minimum atomic E-state index is -0.853. The first-order chi connectivity index (χ1) is 7.30. The Bertz CT molecular complexity index is 284. The van der Waals surface area contributed by atoms with Gasteiger partial charge in [0.25, 0.3) is 0 Å². The van der Waals surface area contributed by atoms with Crippen LogP contribution < -0.4 is 0 Å². The zero-order valence-corrected chi connectivity index (χ0v) is 9.86. The Balaban J connectivity index is 2.37. The number of aliphatic carboxylic acids is 1. The molecule has 0 aromatic rings. The number of esters is 1. The van der Waals surface area contributed by atoms with Gasteiger partial charge in [-0.15, -0.1) is 0 Å². The number of ether oxygens (including phenoxy) is 2. The van der Waals surface area contributed by atoms with Crippen molar-refractivity contribution in [3.8, 4) is 0 Å². The van der Waals surface area contributed by atoms with Crippen molar-refractivity contribution >= 4 is 11.9 Å². The highest BCUT2D eigenvalue weighted by Gasteiger charge is 2.41. The molecule has 1 heterocycles. The van der Waals surface area contributed by atoms with Crippen molar-refractivity contribution in [2.24, 2.45) is 5.92 Å². The van der Waals surface area contributed by atoms with E-state index in [9.17, 15) is 9.59 Å². The van der Waals surface area contributed by atoms with Crippen LogP contribution in [0.3, 0.4) is 0 Å². The largest absolute Gasteiger partial charge is 0.481 e. The van der Waals surface area contributed by atoms with Crippen molar-refractivity contribution in [3.63, 3.8) is 0 Å². The van der Waals surface area contributed by atoms with Gasteiger partial charge in [-0.25, -0.2) is 4.79 Å². The van der Waals surface area contributed by atoms with Gasteiger partial charge in [-0.05, 0) is 18.8 Å². The highest BCUT2D eigenvalue weighted by molar-refractivity contribution is 5.76. The summed E-state index contributed by atoms with van der Waals surface area (Å²) in [6.07, 6.45) is 0.615. The van der Waals surface area contributed by atoms with E-state index in [-0.39, 0.29) is 18.3 Å². The average molecular weight is 230 g/mol. The van der Waals surface area contributed by atoms with Gasteiger partial charge >= 0.3 is 11.9 Å². The quantitative estimate of drug-likeness (QED) is 0.725. The summed E-state index contributed by atoms with van der Waals surface area (Å²) in [7, 11) is 0. The van der Waals surface area contributed by atoms with Gasteiger partial charge in [0.2, 0.25) is 5.79 Å². The third kappa shape index (κ3) is 3.81. The number of carboxylic acids is 1. The van der Waals surface area contributed by atoms with Gasteiger partial charge < -0.3 is 14.6 Å². The van der Waals surface area contributed by atoms with Crippen LogP contribution in [0.15, 0.2) is 0 Å². The van der Waals surface area contributed by atoms with E-state index in [2.05, 4.69) is 0 Å². The van der Waals surface area contributed by atoms with Crippen LogP contribution in [0, 0.1) is 5.92 Å². The third-order valence-electron chi connectivity index (χ3n) is 2.50. The molecule has 92 valence electrons. The van der Waals surface area contributed by atoms with Gasteiger partial charge in [0, 0.05) is 20.3 Å². The molecule has 5 heteroatoms. The summed E-state index contributed by atoms with van der Waals surface area (Å²) >= 11 is 0. The Morgan fingerprint density at radius 3 is 2.62 bits per heavy atom. The van der Waals surface area contributed by atoms with Gasteiger partial charge in [-0.3, -0.25) is 4.79 Å². The second-order valence-corrected chi connectivity index (χ2v) is 4.70. The molecule has 0 saturated carbocycles. The van der Waals surface area contributed by atoms with Crippen molar-refractivity contribution in [2.75, 3.05) is 0 Å². The van der Waals surface area contributed by atoms with Gasteiger partial charge in [0.15, 0.2) is 6.10 Å². The summed E-state index contributed by atoms with van der Waals surface area (Å²) in [5.41, 5.74) is 0. The molecule has 0 aromatic carbocycles. The van der Waals surface area contributed by atoms with Crippen LogP contribution in [0.2, 0.25) is 0 Å². The molecule has 16 heavy (non-hydrogen) atoms. The number of carboxylic acid groups (broad SMARTS) is 1. The van der Waals surface area contributed by atoms with Gasteiger partial charge in [-0.1, -0.05) is 6.92 Å². The molecule has 1 unspecified atom stereocenters. The van der Waals surface area contributed by atoms with Crippen molar-refractivity contribution in [1.29, 1.82) is 0 Å². The van der Waals surface area contributed by atoms with Crippen LogP contribution in [0.5, 0.6) is 0 Å². The number of hydrogen-bond acceptors (Lipinski definition) is 4. The van der Waals surface area contributed by atoms with Gasteiger partial charge in [-0.2, -0.15) is 0 Å². The van der Waals surface area contributed by atoms with Gasteiger partial charge in [0.05, 0.1) is 0 Å². The van der Waals surface area contributed by atoms with Crippen LogP contribution in [-0.4, -0.2) is 28.9 Å². The molecule has 1 N–H and O–H groups in total. The molecule has 2 atom stereocenters. The third-order valence-corrected chi connectivity index (χ3v) is 2.50. The lowest BCUT2D eigenvalue weighted by Crippen LogP contribution is -2.22. The average Bonchev–Trinajstić information content (AvgIpc) is 2.36. The standard InChI is InChI=1S/C11H18O5/c1-7(4-5-9(12)13)6-8-10(14)16-11(2,3)15-8/h7-8H,4-6H2,1-3H3,(H,12,13)/t7?,8-/m0/s1. The van der Waals surface area contributed by atoms with E-state index in [0.29, 0.717) is 12.8 Å². The van der Waals surface area contributed by atoms with E-state index in [4.69, 9.17) is 14.6 Å². The van der Waals surface area contributed by atoms with Crippen molar-refractivity contribution in [2.45, 2.75) is 51.9 Å². The van der Waals surface area contributed by atoms with Crippen LogP contribution >= 0.6 is 0 Å². The van der Waals surface area contributed by atoms with E-state index < -0.39 is 17.9 Å². The number of hydrogen-bond donors (Lipinski definition) is 1. The smallest absolute Gasteiger partial charge is 0.337 e. The van der Waals surface area contributed by atoms with Crippen LogP contribution in [0.25, 0.3) is 0 Å². The fourth-order valence-corrected chi connectivity index (χ4v) is 1.72. The molecular weight excluding hydrogens is 212 g/mol. The fraction of sp³-hybridized carbons (Fsp3) is 0.818. The molecule has 1 aliphatic heterocycles. The summed E-state index contributed by atoms with van der Waals surface area (Å²) in [4.78, 5) is 21.8. The Morgan fingerprint density at radius 2 is 2.19 bits per heavy atom. The molecule has 0 radical (unpaired) electrons. The van der Waals surface area contributed by atoms with Crippen molar-refractivity contribution in [1.82, 2.24) is 0 Å². The number of cyclic esters (lactones) is 1. The topological polar surface area (TPSA) is 72.8 Å². The van der Waals surface area contributed by atoms with Crippen molar-refractivity contribution in [3.05, 3.63) is 0 Å². The zero-order chi connectivity index (χ0) is 12.3. The minimum Gasteiger partial charge on any atom is -0.481 e. The van der Waals surface area contributed by atoms with E-state index in [1.54, 1.807) is 13.8 Å². The summed E-state index contributed by atoms with van der Waals surface area (Å²) in [5, 5.41) is 8.54. The molecule has 0 bridgehead atoms. The number of carbonyl (C=O) groups is 2. The second kappa shape index (κ2) is 4.82. The Morgan fingerprint density at radius 1 is 1.56 bits per heavy atom. The summed E-state index contributed by atoms with van der Waals surface area (Å²) in [5.74, 6) is -1.90. The molecule has 1 saturated heterocycles. The number of rotatable bonds is 5. The summed E-state index contributed by atoms with van der Waals surface area (Å²) in [6, 6.07) is 0. The van der Waals surface area contributed by atoms with Crippen molar-refractivity contribution < 1.29 is 24.2 Å². The summed E-state index contributed by atoms with van der Waals surface area (Å²) < 4.78 is 10.4. The highest BCUT2D eigenvalue weighted by Crippen LogP contribution is 2.28. The number of carbonyl (C=O) groups excluding carboxylic acids is 1. The lowest BCUT2D eigenvalue weighted by Gasteiger charge is -2.16. The molecule has 1 aliphatic rings. The molecule has 0 aromatic heterocycles. The summed E-state index contributed by atoms with van der Waals surface area (Å²) in [6.45, 7) is 5.28. The molecule has 1 fully saturated rings.